The summed E-state index contributed by atoms with van der Waals surface area (Å²) >= 11 is 0. The number of halogens is 1. The smallest absolute Gasteiger partial charge is 0.273 e. The molecule has 1 saturated heterocycles. The molecule has 1 aliphatic rings. The van der Waals surface area contributed by atoms with Crippen molar-refractivity contribution in [2.75, 3.05) is 19.6 Å². The molecule has 1 aromatic carbocycles. The molecule has 0 aromatic heterocycles. The fourth-order valence-electron chi connectivity index (χ4n) is 2.50. The quantitative estimate of drug-likeness (QED) is 0.658. The molecule has 0 spiro atoms. The Labute approximate surface area is 129 Å². The number of benzene rings is 1. The first kappa shape index (κ1) is 17.4. The summed E-state index contributed by atoms with van der Waals surface area (Å²) in [5, 5.41) is 17.0. The summed E-state index contributed by atoms with van der Waals surface area (Å²) in [5.74, 6) is 0.198. The average molecular weight is 314 g/mol. The second-order valence-electron chi connectivity index (χ2n) is 5.13. The van der Waals surface area contributed by atoms with Gasteiger partial charge in [-0.3, -0.25) is 14.9 Å². The number of piperidine rings is 1. The van der Waals surface area contributed by atoms with Crippen molar-refractivity contribution in [3.63, 3.8) is 0 Å². The van der Waals surface area contributed by atoms with Gasteiger partial charge in [0.05, 0.1) is 4.92 Å². The third kappa shape index (κ3) is 4.41. The molecule has 1 heterocycles. The summed E-state index contributed by atoms with van der Waals surface area (Å²) in [6.07, 6.45) is 2.22. The maximum atomic E-state index is 12.1. The van der Waals surface area contributed by atoms with E-state index >= 15 is 0 Å². The molecule has 1 amide bonds. The van der Waals surface area contributed by atoms with Gasteiger partial charge >= 0.3 is 0 Å². The first-order chi connectivity index (χ1) is 9.59. The molecule has 2 rings (SSSR count). The van der Waals surface area contributed by atoms with E-state index in [1.54, 1.807) is 19.1 Å². The van der Waals surface area contributed by atoms with Gasteiger partial charge in [-0.2, -0.15) is 0 Å². The minimum Gasteiger partial charge on any atom is -0.352 e. The first-order valence-electron chi connectivity index (χ1n) is 6.82. The summed E-state index contributed by atoms with van der Waals surface area (Å²) < 4.78 is 0. The van der Waals surface area contributed by atoms with E-state index in [2.05, 4.69) is 10.6 Å². The summed E-state index contributed by atoms with van der Waals surface area (Å²) in [7, 11) is 0. The van der Waals surface area contributed by atoms with Crippen LogP contribution in [-0.4, -0.2) is 30.5 Å². The Hall–Kier alpha value is -1.66. The Morgan fingerprint density at radius 2 is 2.29 bits per heavy atom. The highest BCUT2D eigenvalue weighted by Gasteiger charge is 2.19. The lowest BCUT2D eigenvalue weighted by Gasteiger charge is -2.23. The molecule has 21 heavy (non-hydrogen) atoms. The molecule has 1 aliphatic heterocycles. The van der Waals surface area contributed by atoms with Crippen molar-refractivity contribution in [3.05, 3.63) is 39.4 Å². The second kappa shape index (κ2) is 7.95. The highest BCUT2D eigenvalue weighted by molar-refractivity contribution is 5.96. The fourth-order valence-corrected chi connectivity index (χ4v) is 2.50. The normalized spacial score (nSPS) is 17.7. The molecule has 1 fully saturated rings. The molecule has 0 aliphatic carbocycles. The van der Waals surface area contributed by atoms with Crippen LogP contribution in [0.1, 0.15) is 28.8 Å². The van der Waals surface area contributed by atoms with Crippen LogP contribution < -0.4 is 10.6 Å². The Bertz CT molecular complexity index is 516. The lowest BCUT2D eigenvalue weighted by atomic mass is 9.99. The predicted octanol–water partition coefficient (Wildman–Crippen LogP) is 2.05. The zero-order valence-corrected chi connectivity index (χ0v) is 12.7. The molecule has 1 unspecified atom stereocenters. The van der Waals surface area contributed by atoms with E-state index in [0.29, 0.717) is 23.6 Å². The molecular formula is C14H20ClN3O3. The van der Waals surface area contributed by atoms with E-state index in [9.17, 15) is 14.9 Å². The topological polar surface area (TPSA) is 84.3 Å². The Kier molecular flexibility index (Phi) is 6.58. The summed E-state index contributed by atoms with van der Waals surface area (Å²) in [5.41, 5.74) is 0.775. The minimum absolute atomic E-state index is 0. The van der Waals surface area contributed by atoms with Crippen LogP contribution in [0, 0.1) is 23.0 Å². The van der Waals surface area contributed by atoms with E-state index in [-0.39, 0.29) is 24.0 Å². The van der Waals surface area contributed by atoms with Crippen LogP contribution in [0.15, 0.2) is 18.2 Å². The Morgan fingerprint density at radius 1 is 1.52 bits per heavy atom. The van der Waals surface area contributed by atoms with E-state index in [1.807, 2.05) is 0 Å². The monoisotopic (exact) mass is 313 g/mol. The molecule has 0 radical (unpaired) electrons. The lowest BCUT2D eigenvalue weighted by Crippen LogP contribution is -2.38. The van der Waals surface area contributed by atoms with Gasteiger partial charge in [0.2, 0.25) is 0 Å². The number of nitrogens with zero attached hydrogens (tertiary/aromatic N) is 1. The number of nitrogens with one attached hydrogen (secondary N) is 2. The van der Waals surface area contributed by atoms with Gasteiger partial charge in [0.1, 0.15) is 0 Å². The van der Waals surface area contributed by atoms with Gasteiger partial charge in [-0.15, -0.1) is 12.4 Å². The molecule has 6 nitrogen and oxygen atoms in total. The van der Waals surface area contributed by atoms with Gasteiger partial charge in [0.15, 0.2) is 0 Å². The molecule has 7 heteroatoms. The van der Waals surface area contributed by atoms with Crippen LogP contribution in [-0.2, 0) is 0 Å². The molecule has 2 N–H and O–H groups in total. The average Bonchev–Trinajstić information content (AvgIpc) is 2.46. The SMILES string of the molecule is Cc1c(C(=O)NCC2CCCNC2)cccc1[N+](=O)[O-].Cl. The number of nitro benzene ring substituents is 1. The minimum atomic E-state index is -0.461. The molecule has 1 atom stereocenters. The van der Waals surface area contributed by atoms with Crippen LogP contribution in [0.2, 0.25) is 0 Å². The van der Waals surface area contributed by atoms with Crippen molar-refractivity contribution in [1.29, 1.82) is 0 Å². The standard InChI is InChI=1S/C14H19N3O3.ClH/c1-10-12(5-2-6-13(10)17(19)20)14(18)16-9-11-4-3-7-15-8-11;/h2,5-6,11,15H,3-4,7-9H2,1H3,(H,16,18);1H. The van der Waals surface area contributed by atoms with Crippen LogP contribution in [0.4, 0.5) is 5.69 Å². The molecule has 0 saturated carbocycles. The van der Waals surface area contributed by atoms with Crippen molar-refractivity contribution >= 4 is 24.0 Å². The molecule has 1 aromatic rings. The number of carbonyl (C=O) groups is 1. The van der Waals surface area contributed by atoms with Crippen LogP contribution in [0.5, 0.6) is 0 Å². The molecule has 0 bridgehead atoms. The number of carbonyl (C=O) groups excluding carboxylic acids is 1. The third-order valence-electron chi connectivity index (χ3n) is 3.70. The Morgan fingerprint density at radius 3 is 2.90 bits per heavy atom. The van der Waals surface area contributed by atoms with Gasteiger partial charge in [-0.05, 0) is 44.8 Å². The zero-order chi connectivity index (χ0) is 14.5. The number of nitro groups is 1. The first-order valence-corrected chi connectivity index (χ1v) is 6.82. The van der Waals surface area contributed by atoms with E-state index in [1.165, 1.54) is 6.07 Å². The van der Waals surface area contributed by atoms with Crippen molar-refractivity contribution in [2.45, 2.75) is 19.8 Å². The third-order valence-corrected chi connectivity index (χ3v) is 3.70. The summed E-state index contributed by atoms with van der Waals surface area (Å²) in [4.78, 5) is 22.5. The predicted molar refractivity (Wildman–Crippen MR) is 83.0 cm³/mol. The number of rotatable bonds is 4. The van der Waals surface area contributed by atoms with Crippen LogP contribution in [0.3, 0.4) is 0 Å². The van der Waals surface area contributed by atoms with Crippen molar-refractivity contribution in [1.82, 2.24) is 10.6 Å². The van der Waals surface area contributed by atoms with Crippen molar-refractivity contribution in [3.8, 4) is 0 Å². The van der Waals surface area contributed by atoms with E-state index in [0.717, 1.165) is 25.9 Å². The number of hydrogen-bond donors (Lipinski definition) is 2. The van der Waals surface area contributed by atoms with Crippen molar-refractivity contribution < 1.29 is 9.72 Å². The van der Waals surface area contributed by atoms with Gasteiger partial charge in [0.25, 0.3) is 11.6 Å². The summed E-state index contributed by atoms with van der Waals surface area (Å²) in [6, 6.07) is 4.58. The largest absolute Gasteiger partial charge is 0.352 e. The van der Waals surface area contributed by atoms with E-state index in [4.69, 9.17) is 0 Å². The van der Waals surface area contributed by atoms with E-state index < -0.39 is 4.92 Å². The van der Waals surface area contributed by atoms with Gasteiger partial charge in [0, 0.05) is 23.7 Å². The fraction of sp³-hybridized carbons (Fsp3) is 0.500. The highest BCUT2D eigenvalue weighted by Crippen LogP contribution is 2.21. The maximum Gasteiger partial charge on any atom is 0.273 e. The Balaban J connectivity index is 0.00000220. The zero-order valence-electron chi connectivity index (χ0n) is 11.9. The van der Waals surface area contributed by atoms with Gasteiger partial charge in [-0.1, -0.05) is 6.07 Å². The number of hydrogen-bond acceptors (Lipinski definition) is 4. The second-order valence-corrected chi connectivity index (χ2v) is 5.13. The highest BCUT2D eigenvalue weighted by atomic mass is 35.5. The van der Waals surface area contributed by atoms with Crippen molar-refractivity contribution in [2.24, 2.45) is 5.92 Å². The van der Waals surface area contributed by atoms with Crippen LogP contribution >= 0.6 is 12.4 Å². The molecule has 116 valence electrons. The number of amides is 1. The van der Waals surface area contributed by atoms with Gasteiger partial charge < -0.3 is 10.6 Å². The van der Waals surface area contributed by atoms with Crippen LogP contribution in [0.25, 0.3) is 0 Å². The van der Waals surface area contributed by atoms with Gasteiger partial charge in [-0.25, -0.2) is 0 Å². The lowest BCUT2D eigenvalue weighted by molar-refractivity contribution is -0.385. The maximum absolute atomic E-state index is 12.1. The molecular weight excluding hydrogens is 294 g/mol. The summed E-state index contributed by atoms with van der Waals surface area (Å²) in [6.45, 7) is 4.16.